The summed E-state index contributed by atoms with van der Waals surface area (Å²) in [6.45, 7) is 1.70. The van der Waals surface area contributed by atoms with Crippen molar-refractivity contribution in [3.8, 4) is 0 Å². The third-order valence-corrected chi connectivity index (χ3v) is 7.16. The highest BCUT2D eigenvalue weighted by atomic mass is 35.5. The number of ether oxygens (including phenoxy) is 1. The number of amides is 1. The number of rotatable bonds is 4. The van der Waals surface area contributed by atoms with E-state index >= 15 is 0 Å². The fourth-order valence-corrected chi connectivity index (χ4v) is 5.33. The Balaban J connectivity index is 1.58. The first-order valence-corrected chi connectivity index (χ1v) is 12.5. The second-order valence-electron chi connectivity index (χ2n) is 7.63. The number of benzene rings is 2. The molecule has 1 atom stereocenters. The van der Waals surface area contributed by atoms with E-state index in [2.05, 4.69) is 10.6 Å². The monoisotopic (exact) mass is 480 g/mol. The number of nitrogens with one attached hydrogen (secondary N) is 2. The lowest BCUT2D eigenvalue weighted by Gasteiger charge is -2.26. The zero-order valence-electron chi connectivity index (χ0n) is 16.9. The van der Waals surface area contributed by atoms with Crippen molar-refractivity contribution in [3.63, 3.8) is 0 Å². The topological polar surface area (TPSA) is 84.5 Å². The van der Waals surface area contributed by atoms with Gasteiger partial charge in [-0.2, -0.15) is 0 Å². The molecule has 2 aliphatic rings. The molecule has 164 valence electrons. The van der Waals surface area contributed by atoms with Gasteiger partial charge in [0.15, 0.2) is 9.84 Å². The van der Waals surface area contributed by atoms with Crippen molar-refractivity contribution < 1.29 is 17.9 Å². The number of halogens is 2. The van der Waals surface area contributed by atoms with Gasteiger partial charge in [0, 0.05) is 24.1 Å². The molecular formula is C22H22Cl2N2O4S. The predicted octanol–water partition coefficient (Wildman–Crippen LogP) is 4.03. The Morgan fingerprint density at radius 3 is 2.55 bits per heavy atom. The first-order valence-electron chi connectivity index (χ1n) is 9.87. The fraction of sp³-hybridized carbons (Fsp3) is 0.318. The molecule has 0 fully saturated rings. The largest absolute Gasteiger partial charge is 0.377 e. The Morgan fingerprint density at radius 2 is 1.90 bits per heavy atom. The summed E-state index contributed by atoms with van der Waals surface area (Å²) in [6, 6.07) is 7.65. The summed E-state index contributed by atoms with van der Waals surface area (Å²) in [5, 5.41) is 7.00. The van der Waals surface area contributed by atoms with Crippen LogP contribution in [0.15, 0.2) is 41.3 Å². The molecular weight excluding hydrogens is 459 g/mol. The van der Waals surface area contributed by atoms with Crippen molar-refractivity contribution in [1.82, 2.24) is 5.32 Å². The lowest BCUT2D eigenvalue weighted by Crippen LogP contribution is -2.38. The Kier molecular flexibility index (Phi) is 6.42. The molecule has 2 heterocycles. The van der Waals surface area contributed by atoms with Gasteiger partial charge in [0.2, 0.25) is 5.91 Å². The molecule has 0 radical (unpaired) electrons. The molecule has 0 aliphatic carbocycles. The van der Waals surface area contributed by atoms with Crippen LogP contribution in [0.1, 0.15) is 29.2 Å². The average Bonchev–Trinajstić information content (AvgIpc) is 2.72. The van der Waals surface area contributed by atoms with E-state index in [1.165, 1.54) is 12.3 Å². The lowest BCUT2D eigenvalue weighted by atomic mass is 9.94. The Morgan fingerprint density at radius 1 is 1.16 bits per heavy atom. The summed E-state index contributed by atoms with van der Waals surface area (Å²) in [6.07, 6.45) is 4.51. The van der Waals surface area contributed by atoms with Crippen LogP contribution in [0.2, 0.25) is 10.0 Å². The van der Waals surface area contributed by atoms with E-state index in [9.17, 15) is 13.2 Å². The minimum absolute atomic E-state index is 0.254. The van der Waals surface area contributed by atoms with E-state index in [1.54, 1.807) is 24.3 Å². The molecule has 2 aromatic rings. The van der Waals surface area contributed by atoms with Crippen LogP contribution in [0.5, 0.6) is 0 Å². The summed E-state index contributed by atoms with van der Waals surface area (Å²) in [5.74, 6) is -0.266. The third kappa shape index (κ3) is 4.81. The maximum absolute atomic E-state index is 13.0. The highest BCUT2D eigenvalue weighted by Crippen LogP contribution is 2.37. The van der Waals surface area contributed by atoms with E-state index in [4.69, 9.17) is 27.9 Å². The van der Waals surface area contributed by atoms with Crippen molar-refractivity contribution in [2.24, 2.45) is 0 Å². The quantitative estimate of drug-likeness (QED) is 0.689. The van der Waals surface area contributed by atoms with Crippen molar-refractivity contribution in [2.45, 2.75) is 23.8 Å². The van der Waals surface area contributed by atoms with E-state index in [-0.39, 0.29) is 10.8 Å². The Bertz CT molecular complexity index is 1160. The van der Waals surface area contributed by atoms with Crippen LogP contribution >= 0.6 is 23.2 Å². The number of hydrogen-bond acceptors (Lipinski definition) is 5. The molecule has 0 saturated carbocycles. The number of hydrogen-bond donors (Lipinski definition) is 2. The van der Waals surface area contributed by atoms with E-state index < -0.39 is 15.9 Å². The molecule has 2 aliphatic heterocycles. The Labute approximate surface area is 191 Å². The summed E-state index contributed by atoms with van der Waals surface area (Å²) in [7, 11) is -3.31. The van der Waals surface area contributed by atoms with Gasteiger partial charge >= 0.3 is 0 Å². The van der Waals surface area contributed by atoms with Crippen molar-refractivity contribution in [3.05, 3.63) is 63.1 Å². The normalized spacial score (nSPS) is 18.8. The second-order valence-corrected chi connectivity index (χ2v) is 10.5. The second kappa shape index (κ2) is 8.92. The Hall–Kier alpha value is -1.90. The summed E-state index contributed by atoms with van der Waals surface area (Å²) < 4.78 is 29.0. The molecule has 2 N–H and O–H groups in total. The van der Waals surface area contributed by atoms with Crippen LogP contribution < -0.4 is 10.6 Å². The van der Waals surface area contributed by atoms with Crippen LogP contribution in [0.4, 0.5) is 5.69 Å². The summed E-state index contributed by atoms with van der Waals surface area (Å²) >= 11 is 13.0. The minimum atomic E-state index is -3.31. The van der Waals surface area contributed by atoms with E-state index in [0.29, 0.717) is 41.9 Å². The molecule has 0 saturated heterocycles. The lowest BCUT2D eigenvalue weighted by molar-refractivity contribution is -0.118. The van der Waals surface area contributed by atoms with Crippen LogP contribution in [-0.2, 0) is 25.8 Å². The van der Waals surface area contributed by atoms with Crippen LogP contribution in [0, 0.1) is 0 Å². The first-order chi connectivity index (χ1) is 14.7. The number of anilines is 1. The molecule has 1 amide bonds. The minimum Gasteiger partial charge on any atom is -0.377 e. The number of carbonyl (C=O) groups excluding carboxylic acids is 1. The molecule has 2 aromatic carbocycles. The van der Waals surface area contributed by atoms with Gasteiger partial charge in [0.25, 0.3) is 0 Å². The summed E-state index contributed by atoms with van der Waals surface area (Å²) in [4.78, 5) is 13.3. The standard InChI is InChI=1S/C22H22Cl2N2O4S/c1-31(28,29)16-2-3-17-14(10-16)4-7-25-21(17)22(27)26-15-11-18(23)20(19(24)12-15)13-5-8-30-9-6-13/h2-3,5,10-12,21,25H,4,6-9H2,1H3,(H,26,27). The molecule has 4 rings (SSSR count). The van der Waals surface area contributed by atoms with Gasteiger partial charge < -0.3 is 15.4 Å². The van der Waals surface area contributed by atoms with Crippen molar-refractivity contribution in [1.29, 1.82) is 0 Å². The molecule has 1 unspecified atom stereocenters. The van der Waals surface area contributed by atoms with Gasteiger partial charge in [0.05, 0.1) is 28.2 Å². The predicted molar refractivity (Wildman–Crippen MR) is 123 cm³/mol. The maximum atomic E-state index is 13.0. The molecule has 0 aromatic heterocycles. The number of carbonyl (C=O) groups is 1. The molecule has 0 bridgehead atoms. The van der Waals surface area contributed by atoms with Gasteiger partial charge in [-0.15, -0.1) is 0 Å². The zero-order chi connectivity index (χ0) is 22.2. The highest BCUT2D eigenvalue weighted by Gasteiger charge is 2.27. The molecule has 6 nitrogen and oxygen atoms in total. The molecule has 9 heteroatoms. The van der Waals surface area contributed by atoms with Gasteiger partial charge in [-0.3, -0.25) is 4.79 Å². The van der Waals surface area contributed by atoms with Crippen LogP contribution in [0.25, 0.3) is 5.57 Å². The third-order valence-electron chi connectivity index (χ3n) is 5.45. The SMILES string of the molecule is CS(=O)(=O)c1ccc2c(c1)CCNC2C(=O)Nc1cc(Cl)c(C2=CCOCC2)c(Cl)c1. The zero-order valence-corrected chi connectivity index (χ0v) is 19.2. The van der Waals surface area contributed by atoms with Gasteiger partial charge in [-0.05, 0) is 53.8 Å². The van der Waals surface area contributed by atoms with Gasteiger partial charge in [-0.1, -0.05) is 35.3 Å². The van der Waals surface area contributed by atoms with Crippen molar-refractivity contribution in [2.75, 3.05) is 31.3 Å². The number of fused-ring (bicyclic) bond motifs is 1. The molecule has 31 heavy (non-hydrogen) atoms. The first kappa shape index (κ1) is 22.3. The van der Waals surface area contributed by atoms with E-state index in [1.807, 2.05) is 6.08 Å². The van der Waals surface area contributed by atoms with Gasteiger partial charge in [-0.25, -0.2) is 8.42 Å². The van der Waals surface area contributed by atoms with Crippen LogP contribution in [0.3, 0.4) is 0 Å². The van der Waals surface area contributed by atoms with Crippen molar-refractivity contribution >= 4 is 50.2 Å². The highest BCUT2D eigenvalue weighted by molar-refractivity contribution is 7.90. The number of sulfone groups is 1. The molecule has 0 spiro atoms. The van der Waals surface area contributed by atoms with E-state index in [0.717, 1.165) is 28.7 Å². The summed E-state index contributed by atoms with van der Waals surface area (Å²) in [5.41, 5.74) is 3.90. The van der Waals surface area contributed by atoms with Gasteiger partial charge in [0.1, 0.15) is 6.04 Å². The smallest absolute Gasteiger partial charge is 0.246 e. The fourth-order valence-electron chi connectivity index (χ4n) is 3.93. The average molecular weight is 481 g/mol. The maximum Gasteiger partial charge on any atom is 0.246 e. The van der Waals surface area contributed by atoms with Crippen LogP contribution in [-0.4, -0.2) is 40.3 Å².